The number of aromatic amines is 1. The van der Waals surface area contributed by atoms with E-state index in [2.05, 4.69) is 31.3 Å². The van der Waals surface area contributed by atoms with Crippen molar-refractivity contribution < 1.29 is 19.8 Å². The SMILES string of the molecule is O=C(NCc1ccccc1)c1ccc(-c2cc(NC3=C(O)C(=O)C3O)cc(-c3nn[nH]n3)c2)cc1. The summed E-state index contributed by atoms with van der Waals surface area (Å²) in [5.41, 5.74) is 4.23. The zero-order chi connectivity index (χ0) is 24.4. The van der Waals surface area contributed by atoms with Gasteiger partial charge in [0, 0.05) is 23.4 Å². The number of amides is 1. The molecule has 1 atom stereocenters. The van der Waals surface area contributed by atoms with Crippen molar-refractivity contribution in [3.63, 3.8) is 0 Å². The van der Waals surface area contributed by atoms with Gasteiger partial charge in [-0.15, -0.1) is 10.2 Å². The van der Waals surface area contributed by atoms with Gasteiger partial charge in [0.2, 0.25) is 11.6 Å². The highest BCUT2D eigenvalue weighted by Crippen LogP contribution is 2.32. The summed E-state index contributed by atoms with van der Waals surface area (Å²) in [5.74, 6) is -1.08. The Hall–Kier alpha value is -4.83. The number of hydrogen-bond donors (Lipinski definition) is 5. The number of carbonyl (C=O) groups excluding carboxylic acids is 2. The molecule has 0 radical (unpaired) electrons. The summed E-state index contributed by atoms with van der Waals surface area (Å²) in [6, 6.07) is 22.1. The molecule has 1 aliphatic rings. The van der Waals surface area contributed by atoms with Crippen molar-refractivity contribution in [3.05, 3.63) is 95.4 Å². The number of aromatic nitrogens is 4. The predicted octanol–water partition coefficient (Wildman–Crippen LogP) is 2.59. The molecule has 0 saturated heterocycles. The first kappa shape index (κ1) is 22.0. The molecular weight excluding hydrogens is 448 g/mol. The van der Waals surface area contributed by atoms with Crippen molar-refractivity contribution in [2.24, 2.45) is 0 Å². The molecule has 1 amide bonds. The lowest BCUT2D eigenvalue weighted by Gasteiger charge is -2.25. The normalized spacial score (nSPS) is 15.0. The molecular formula is C25H20N6O4. The van der Waals surface area contributed by atoms with E-state index in [1.807, 2.05) is 48.5 Å². The average Bonchev–Trinajstić information content (AvgIpc) is 3.45. The molecule has 0 fully saturated rings. The molecule has 3 aromatic carbocycles. The first-order valence-corrected chi connectivity index (χ1v) is 10.7. The first-order chi connectivity index (χ1) is 17.0. The molecule has 5 N–H and O–H groups in total. The van der Waals surface area contributed by atoms with E-state index in [0.29, 0.717) is 29.2 Å². The second-order valence-electron chi connectivity index (χ2n) is 7.93. The number of tetrazole rings is 1. The van der Waals surface area contributed by atoms with E-state index in [1.165, 1.54) is 0 Å². The number of benzene rings is 3. The zero-order valence-electron chi connectivity index (χ0n) is 18.3. The Labute approximate surface area is 199 Å². The molecule has 4 aromatic rings. The molecule has 0 aliphatic heterocycles. The first-order valence-electron chi connectivity index (χ1n) is 10.7. The number of aliphatic hydroxyl groups excluding tert-OH is 2. The second kappa shape index (κ2) is 9.20. The maximum atomic E-state index is 12.6. The minimum Gasteiger partial charge on any atom is -0.503 e. The van der Waals surface area contributed by atoms with Crippen molar-refractivity contribution >= 4 is 17.4 Å². The van der Waals surface area contributed by atoms with E-state index in [1.54, 1.807) is 24.3 Å². The van der Waals surface area contributed by atoms with Crippen LogP contribution >= 0.6 is 0 Å². The number of carbonyl (C=O) groups is 2. The Morgan fingerprint density at radius 1 is 0.971 bits per heavy atom. The van der Waals surface area contributed by atoms with Crippen LogP contribution in [0.5, 0.6) is 0 Å². The van der Waals surface area contributed by atoms with Crippen LogP contribution in [0.1, 0.15) is 15.9 Å². The number of anilines is 1. The Bertz CT molecular complexity index is 1420. The van der Waals surface area contributed by atoms with Crippen molar-refractivity contribution in [1.29, 1.82) is 0 Å². The fourth-order valence-electron chi connectivity index (χ4n) is 3.70. The van der Waals surface area contributed by atoms with Gasteiger partial charge in [0.1, 0.15) is 0 Å². The summed E-state index contributed by atoms with van der Waals surface area (Å²) < 4.78 is 0. The van der Waals surface area contributed by atoms with Gasteiger partial charge in [-0.1, -0.05) is 42.5 Å². The highest BCUT2D eigenvalue weighted by atomic mass is 16.3. The standard InChI is InChI=1S/C25H20N6O4/c32-21-20(22(33)23(21)34)27-19-11-17(10-18(12-19)24-28-30-31-29-24)15-6-8-16(9-7-15)25(35)26-13-14-4-2-1-3-5-14/h1-12,21,27,32-33H,13H2,(H,26,35)(H,28,29,30,31). The molecule has 0 spiro atoms. The van der Waals surface area contributed by atoms with Crippen LogP contribution < -0.4 is 10.6 Å². The second-order valence-corrected chi connectivity index (χ2v) is 7.93. The number of nitrogens with one attached hydrogen (secondary N) is 3. The van der Waals surface area contributed by atoms with Gasteiger partial charge in [-0.05, 0) is 52.2 Å². The predicted molar refractivity (Wildman–Crippen MR) is 127 cm³/mol. The van der Waals surface area contributed by atoms with Crippen LogP contribution in [-0.2, 0) is 11.3 Å². The minimum absolute atomic E-state index is 0.0247. The summed E-state index contributed by atoms with van der Waals surface area (Å²) in [6.45, 7) is 0.431. The lowest BCUT2D eigenvalue weighted by atomic mass is 9.96. The van der Waals surface area contributed by atoms with Gasteiger partial charge in [-0.2, -0.15) is 5.21 Å². The Kier molecular flexibility index (Phi) is 5.78. The molecule has 1 heterocycles. The largest absolute Gasteiger partial charge is 0.503 e. The minimum atomic E-state index is -1.40. The van der Waals surface area contributed by atoms with E-state index in [9.17, 15) is 19.8 Å². The maximum Gasteiger partial charge on any atom is 0.251 e. The average molecular weight is 468 g/mol. The molecule has 10 heteroatoms. The third kappa shape index (κ3) is 4.50. The van der Waals surface area contributed by atoms with Gasteiger partial charge in [0.25, 0.3) is 5.91 Å². The van der Waals surface area contributed by atoms with Crippen molar-refractivity contribution in [1.82, 2.24) is 25.9 Å². The topological polar surface area (TPSA) is 153 Å². The van der Waals surface area contributed by atoms with Gasteiger partial charge >= 0.3 is 0 Å². The summed E-state index contributed by atoms with van der Waals surface area (Å²) in [5, 5.41) is 39.4. The number of nitrogens with zero attached hydrogens (tertiary/aromatic N) is 3. The van der Waals surface area contributed by atoms with Crippen LogP contribution in [0.15, 0.2) is 84.3 Å². The fraction of sp³-hybridized carbons (Fsp3) is 0.0800. The third-order valence-electron chi connectivity index (χ3n) is 5.60. The number of rotatable bonds is 7. The van der Waals surface area contributed by atoms with Crippen LogP contribution in [-0.4, -0.2) is 48.6 Å². The molecule has 0 bridgehead atoms. The molecule has 0 saturated carbocycles. The third-order valence-corrected chi connectivity index (χ3v) is 5.60. The Morgan fingerprint density at radius 3 is 2.40 bits per heavy atom. The smallest absolute Gasteiger partial charge is 0.251 e. The lowest BCUT2D eigenvalue weighted by molar-refractivity contribution is -0.127. The molecule has 10 nitrogen and oxygen atoms in total. The number of hydrogen-bond acceptors (Lipinski definition) is 8. The molecule has 35 heavy (non-hydrogen) atoms. The van der Waals surface area contributed by atoms with Gasteiger partial charge in [-0.3, -0.25) is 9.59 Å². The zero-order valence-corrected chi connectivity index (χ0v) is 18.3. The summed E-state index contributed by atoms with van der Waals surface area (Å²) >= 11 is 0. The maximum absolute atomic E-state index is 12.6. The van der Waals surface area contributed by atoms with Crippen molar-refractivity contribution in [3.8, 4) is 22.5 Å². The van der Waals surface area contributed by atoms with Gasteiger partial charge in [-0.25, -0.2) is 0 Å². The van der Waals surface area contributed by atoms with E-state index < -0.39 is 17.6 Å². The monoisotopic (exact) mass is 468 g/mol. The van der Waals surface area contributed by atoms with E-state index in [0.717, 1.165) is 16.7 Å². The van der Waals surface area contributed by atoms with Crippen LogP contribution in [0.3, 0.4) is 0 Å². The van der Waals surface area contributed by atoms with E-state index in [4.69, 9.17) is 0 Å². The van der Waals surface area contributed by atoms with Crippen molar-refractivity contribution in [2.45, 2.75) is 12.6 Å². The van der Waals surface area contributed by atoms with Crippen LogP contribution in [0.2, 0.25) is 0 Å². The summed E-state index contributed by atoms with van der Waals surface area (Å²) in [7, 11) is 0. The van der Waals surface area contributed by atoms with E-state index >= 15 is 0 Å². The molecule has 1 unspecified atom stereocenters. The van der Waals surface area contributed by atoms with Gasteiger partial charge < -0.3 is 20.8 Å². The van der Waals surface area contributed by atoms with Gasteiger partial charge in [0.05, 0.1) is 5.70 Å². The molecule has 1 aromatic heterocycles. The Balaban J connectivity index is 1.40. The molecule has 5 rings (SSSR count). The molecule has 1 aliphatic carbocycles. The number of aliphatic hydroxyl groups is 2. The summed E-state index contributed by atoms with van der Waals surface area (Å²) in [6.07, 6.45) is -1.40. The van der Waals surface area contributed by atoms with Crippen LogP contribution in [0, 0.1) is 0 Å². The summed E-state index contributed by atoms with van der Waals surface area (Å²) in [4.78, 5) is 24.0. The number of H-pyrrole nitrogens is 1. The quantitative estimate of drug-likeness (QED) is 0.277. The highest BCUT2D eigenvalue weighted by Gasteiger charge is 2.38. The number of ketones is 1. The Morgan fingerprint density at radius 2 is 1.71 bits per heavy atom. The van der Waals surface area contributed by atoms with Crippen molar-refractivity contribution in [2.75, 3.05) is 5.32 Å². The van der Waals surface area contributed by atoms with Crippen LogP contribution in [0.25, 0.3) is 22.5 Å². The van der Waals surface area contributed by atoms with Gasteiger partial charge in [0.15, 0.2) is 11.9 Å². The number of Topliss-reactive ketones (excluding diaryl/α,β-unsaturated/α-hetero) is 1. The lowest BCUT2D eigenvalue weighted by Crippen LogP contribution is -2.39. The van der Waals surface area contributed by atoms with E-state index in [-0.39, 0.29) is 11.6 Å². The van der Waals surface area contributed by atoms with Crippen LogP contribution in [0.4, 0.5) is 5.69 Å². The fourth-order valence-corrected chi connectivity index (χ4v) is 3.70. The molecule has 174 valence electrons. The highest BCUT2D eigenvalue weighted by molar-refractivity contribution is 6.07.